The monoisotopic (exact) mass is 350 g/mol. The molecule has 1 atom stereocenters. The number of nitrogens with one attached hydrogen (secondary N) is 1. The van der Waals surface area contributed by atoms with Crippen LogP contribution in [0.15, 0.2) is 36.4 Å². The van der Waals surface area contributed by atoms with E-state index in [2.05, 4.69) is 5.43 Å². The van der Waals surface area contributed by atoms with E-state index >= 15 is 0 Å². The Morgan fingerprint density at radius 3 is 2.48 bits per heavy atom. The molecule has 1 unspecified atom stereocenters. The van der Waals surface area contributed by atoms with Crippen molar-refractivity contribution in [3.05, 3.63) is 47.5 Å². The number of rotatable bonds is 4. The minimum Gasteiger partial charge on any atom is -0.288 e. The highest BCUT2D eigenvalue weighted by Crippen LogP contribution is 2.41. The number of hydrogen-bond donors (Lipinski definition) is 1. The van der Waals surface area contributed by atoms with Gasteiger partial charge in [0, 0.05) is 13.0 Å². The van der Waals surface area contributed by atoms with Gasteiger partial charge in [0.15, 0.2) is 0 Å². The van der Waals surface area contributed by atoms with Crippen LogP contribution in [0.25, 0.3) is 10.8 Å². The van der Waals surface area contributed by atoms with Gasteiger partial charge in [-0.3, -0.25) is 10.2 Å². The highest BCUT2D eigenvalue weighted by Gasteiger charge is 2.47. The number of alkyl halides is 3. The van der Waals surface area contributed by atoms with Crippen molar-refractivity contribution in [3.8, 4) is 0 Å². The first kappa shape index (κ1) is 17.7. The lowest BCUT2D eigenvalue weighted by Crippen LogP contribution is -2.44. The predicted octanol–water partition coefficient (Wildman–Crippen LogP) is 4.38. The van der Waals surface area contributed by atoms with Gasteiger partial charge in [-0.05, 0) is 34.2 Å². The Hall–Kier alpha value is -2.08. The molecule has 3 rings (SSSR count). The van der Waals surface area contributed by atoms with E-state index in [9.17, 15) is 18.0 Å². The van der Waals surface area contributed by atoms with Gasteiger partial charge in [-0.2, -0.15) is 13.2 Å². The first-order valence-electron chi connectivity index (χ1n) is 8.40. The molecule has 134 valence electrons. The third kappa shape index (κ3) is 3.63. The molecular formula is C19H21F3N2O. The Labute approximate surface area is 144 Å². The zero-order valence-corrected chi connectivity index (χ0v) is 14.2. The normalized spacial score (nSPS) is 17.3. The minimum atomic E-state index is -4.48. The Morgan fingerprint density at radius 1 is 1.16 bits per heavy atom. The summed E-state index contributed by atoms with van der Waals surface area (Å²) in [6.45, 7) is 4.04. The van der Waals surface area contributed by atoms with Crippen molar-refractivity contribution in [3.63, 3.8) is 0 Å². The molecule has 0 radical (unpaired) electrons. The summed E-state index contributed by atoms with van der Waals surface area (Å²) in [6.07, 6.45) is -3.85. The molecule has 25 heavy (non-hydrogen) atoms. The Kier molecular flexibility index (Phi) is 4.73. The predicted molar refractivity (Wildman–Crippen MR) is 90.8 cm³/mol. The quantitative estimate of drug-likeness (QED) is 0.888. The van der Waals surface area contributed by atoms with Crippen LogP contribution in [0.3, 0.4) is 0 Å². The number of carbonyl (C=O) groups excluding carboxylic acids is 1. The fourth-order valence-electron chi connectivity index (χ4n) is 3.45. The summed E-state index contributed by atoms with van der Waals surface area (Å²) in [5.41, 5.74) is 3.29. The highest BCUT2D eigenvalue weighted by molar-refractivity contribution is 5.87. The van der Waals surface area contributed by atoms with Crippen LogP contribution in [0.1, 0.15) is 37.4 Å². The lowest BCUT2D eigenvalue weighted by Gasteiger charge is -2.31. The fraction of sp³-hybridized carbons (Fsp3) is 0.421. The first-order valence-corrected chi connectivity index (χ1v) is 8.40. The van der Waals surface area contributed by atoms with Crippen molar-refractivity contribution in [2.24, 2.45) is 5.92 Å². The van der Waals surface area contributed by atoms with Gasteiger partial charge < -0.3 is 0 Å². The van der Waals surface area contributed by atoms with E-state index in [1.165, 1.54) is 0 Å². The van der Waals surface area contributed by atoms with Gasteiger partial charge in [-0.15, -0.1) is 0 Å². The van der Waals surface area contributed by atoms with Crippen molar-refractivity contribution in [2.45, 2.75) is 38.9 Å². The van der Waals surface area contributed by atoms with E-state index in [4.69, 9.17) is 0 Å². The third-order valence-electron chi connectivity index (χ3n) is 4.45. The zero-order valence-electron chi connectivity index (χ0n) is 14.2. The van der Waals surface area contributed by atoms with Gasteiger partial charge in [0.05, 0.1) is 0 Å². The van der Waals surface area contributed by atoms with Gasteiger partial charge in [0.2, 0.25) is 5.91 Å². The van der Waals surface area contributed by atoms with Gasteiger partial charge >= 0.3 is 6.18 Å². The van der Waals surface area contributed by atoms with Crippen molar-refractivity contribution < 1.29 is 18.0 Å². The molecule has 0 saturated carbocycles. The highest BCUT2D eigenvalue weighted by atomic mass is 19.4. The molecule has 1 aliphatic rings. The van der Waals surface area contributed by atoms with E-state index < -0.39 is 12.2 Å². The molecule has 1 saturated heterocycles. The number of hydrogen-bond acceptors (Lipinski definition) is 2. The van der Waals surface area contributed by atoms with E-state index in [-0.39, 0.29) is 30.4 Å². The summed E-state index contributed by atoms with van der Waals surface area (Å²) in [5, 5.41) is 2.79. The lowest BCUT2D eigenvalue weighted by atomic mass is 9.89. The van der Waals surface area contributed by atoms with Crippen molar-refractivity contribution in [1.82, 2.24) is 10.4 Å². The Bertz CT molecular complexity index is 786. The van der Waals surface area contributed by atoms with Gasteiger partial charge in [-0.25, -0.2) is 5.01 Å². The smallest absolute Gasteiger partial charge is 0.288 e. The number of amides is 1. The Balaban J connectivity index is 2.18. The van der Waals surface area contributed by atoms with Crippen molar-refractivity contribution >= 4 is 16.7 Å². The second-order valence-corrected chi connectivity index (χ2v) is 6.87. The number of hydrazine groups is 1. The molecule has 2 aromatic rings. The van der Waals surface area contributed by atoms with Crippen LogP contribution >= 0.6 is 0 Å². The topological polar surface area (TPSA) is 32.3 Å². The molecule has 3 nitrogen and oxygen atoms in total. The van der Waals surface area contributed by atoms with Crippen LogP contribution in [0.5, 0.6) is 0 Å². The number of benzene rings is 2. The summed E-state index contributed by atoms with van der Waals surface area (Å²) in [6, 6.07) is 8.94. The van der Waals surface area contributed by atoms with Crippen LogP contribution in [0.2, 0.25) is 0 Å². The number of fused-ring (bicyclic) bond motifs is 1. The van der Waals surface area contributed by atoms with Gasteiger partial charge in [0.1, 0.15) is 6.04 Å². The summed E-state index contributed by atoms with van der Waals surface area (Å²) < 4.78 is 41.7. The second kappa shape index (κ2) is 6.67. The average Bonchev–Trinajstić information content (AvgIpc) is 2.93. The molecule has 0 spiro atoms. The summed E-state index contributed by atoms with van der Waals surface area (Å²) >= 11 is 0. The second-order valence-electron chi connectivity index (χ2n) is 6.87. The maximum atomic E-state index is 13.9. The summed E-state index contributed by atoms with van der Waals surface area (Å²) in [5.74, 6) is -0.160. The minimum absolute atomic E-state index is 0.0525. The van der Waals surface area contributed by atoms with Gasteiger partial charge in [0.25, 0.3) is 0 Å². The van der Waals surface area contributed by atoms with Crippen LogP contribution in [0.4, 0.5) is 13.2 Å². The SMILES string of the molecule is CC(C)Cc1c(C(N2CCC(=O)N2)C(F)(F)F)ccc2ccccc12. The van der Waals surface area contributed by atoms with E-state index in [0.717, 1.165) is 15.8 Å². The average molecular weight is 350 g/mol. The fourth-order valence-corrected chi connectivity index (χ4v) is 3.45. The van der Waals surface area contributed by atoms with Crippen molar-refractivity contribution in [2.75, 3.05) is 6.54 Å². The molecule has 1 fully saturated rings. The summed E-state index contributed by atoms with van der Waals surface area (Å²) in [7, 11) is 0. The van der Waals surface area contributed by atoms with Gasteiger partial charge in [-0.1, -0.05) is 50.2 Å². The molecule has 1 N–H and O–H groups in total. The number of carbonyl (C=O) groups is 1. The molecule has 0 aliphatic carbocycles. The molecule has 1 heterocycles. The van der Waals surface area contributed by atoms with Crippen LogP contribution in [-0.2, 0) is 11.2 Å². The maximum absolute atomic E-state index is 13.9. The number of halogens is 3. The zero-order chi connectivity index (χ0) is 18.2. The molecule has 0 aromatic heterocycles. The first-order chi connectivity index (χ1) is 11.8. The molecule has 6 heteroatoms. The van der Waals surface area contributed by atoms with Crippen LogP contribution in [-0.4, -0.2) is 23.6 Å². The molecular weight excluding hydrogens is 329 g/mol. The molecule has 2 aromatic carbocycles. The number of nitrogens with zero attached hydrogens (tertiary/aromatic N) is 1. The molecule has 0 bridgehead atoms. The van der Waals surface area contributed by atoms with E-state index in [1.54, 1.807) is 12.1 Å². The Morgan fingerprint density at radius 2 is 1.88 bits per heavy atom. The van der Waals surface area contributed by atoms with Crippen molar-refractivity contribution in [1.29, 1.82) is 0 Å². The lowest BCUT2D eigenvalue weighted by molar-refractivity contribution is -0.191. The van der Waals surface area contributed by atoms with Crippen LogP contribution in [0, 0.1) is 5.92 Å². The third-order valence-corrected chi connectivity index (χ3v) is 4.45. The van der Waals surface area contributed by atoms with E-state index in [0.29, 0.717) is 12.0 Å². The summed E-state index contributed by atoms with van der Waals surface area (Å²) in [4.78, 5) is 11.5. The standard InChI is InChI=1S/C19H21F3N2O/c1-12(2)11-16-14-6-4-3-5-13(14)7-8-15(16)18(19(20,21)22)24-10-9-17(25)23-24/h3-8,12,18H,9-11H2,1-2H3,(H,23,25). The maximum Gasteiger partial charge on any atom is 0.409 e. The largest absolute Gasteiger partial charge is 0.409 e. The van der Waals surface area contributed by atoms with E-state index in [1.807, 2.05) is 38.1 Å². The molecule has 1 aliphatic heterocycles. The molecule has 1 amide bonds. The van der Waals surface area contributed by atoms with Crippen LogP contribution < -0.4 is 5.43 Å².